The van der Waals surface area contributed by atoms with Gasteiger partial charge >= 0.3 is 22.7 Å². The van der Waals surface area contributed by atoms with Gasteiger partial charge in [0, 0.05) is 27.7 Å². The lowest BCUT2D eigenvalue weighted by atomic mass is 9.99. The van der Waals surface area contributed by atoms with E-state index in [4.69, 9.17) is 41.6 Å². The molecular weight excluding hydrogens is 635 g/mol. The number of halogens is 4. The highest BCUT2D eigenvalue weighted by Gasteiger charge is 2.30. The van der Waals surface area contributed by atoms with Crippen molar-refractivity contribution in [1.82, 2.24) is 0 Å². The molecule has 43 heavy (non-hydrogen) atoms. The highest BCUT2D eigenvalue weighted by molar-refractivity contribution is 7.90. The minimum Gasteiger partial charge on any atom is -0.493 e. The van der Waals surface area contributed by atoms with Gasteiger partial charge in [0.2, 0.25) is 12.7 Å². The third-order valence-corrected chi connectivity index (χ3v) is 7.84. The normalized spacial score (nSPS) is 16.0. The average Bonchev–Trinajstić information content (AvgIpc) is 3.78. The monoisotopic (exact) mass is 660 g/mol. The Morgan fingerprint density at radius 3 is 2.47 bits per heavy atom. The third-order valence-electron chi connectivity index (χ3n) is 6.34. The first kappa shape index (κ1) is 32.2. The zero-order chi connectivity index (χ0) is 31.3. The van der Waals surface area contributed by atoms with Crippen molar-refractivity contribution in [2.45, 2.75) is 32.0 Å². The summed E-state index contributed by atoms with van der Waals surface area (Å²) in [5.41, 5.74) is 0.516. The zero-order valence-electron chi connectivity index (χ0n) is 22.6. The van der Waals surface area contributed by atoms with E-state index in [9.17, 15) is 26.9 Å². The predicted molar refractivity (Wildman–Crippen MR) is 152 cm³/mol. The molecule has 1 heterocycles. The maximum Gasteiger partial charge on any atom is 0.387 e. The van der Waals surface area contributed by atoms with E-state index < -0.39 is 28.8 Å². The van der Waals surface area contributed by atoms with Crippen LogP contribution in [0.2, 0.25) is 0 Å². The van der Waals surface area contributed by atoms with Gasteiger partial charge in [-0.25, -0.2) is 4.79 Å². The minimum absolute atomic E-state index is 0.0107. The van der Waals surface area contributed by atoms with Crippen LogP contribution in [0.5, 0.6) is 23.0 Å². The summed E-state index contributed by atoms with van der Waals surface area (Å²) >= 11 is 12.6. The summed E-state index contributed by atoms with van der Waals surface area (Å²) in [6.07, 6.45) is 1.76. The van der Waals surface area contributed by atoms with Crippen molar-refractivity contribution in [3.8, 4) is 23.0 Å². The van der Waals surface area contributed by atoms with Crippen molar-refractivity contribution in [2.24, 2.45) is 5.92 Å². The van der Waals surface area contributed by atoms with Crippen molar-refractivity contribution >= 4 is 39.3 Å². The lowest BCUT2D eigenvalue weighted by Crippen LogP contribution is -2.17. The molecule has 1 fully saturated rings. The molecule has 1 atom stereocenters. The number of carbonyl (C=O) groups is 1. The number of hydrogen-bond acceptors (Lipinski definition) is 9. The van der Waals surface area contributed by atoms with Crippen LogP contribution in [0.4, 0.5) is 8.78 Å². The Morgan fingerprint density at radius 2 is 1.84 bits per heavy atom. The molecule has 0 spiro atoms. The van der Waals surface area contributed by atoms with Crippen molar-refractivity contribution in [3.05, 3.63) is 86.3 Å². The van der Waals surface area contributed by atoms with E-state index in [1.807, 2.05) is 0 Å². The number of ether oxygens (including phenoxy) is 4. The van der Waals surface area contributed by atoms with Gasteiger partial charge in [0.25, 0.3) is 0 Å². The van der Waals surface area contributed by atoms with Gasteiger partial charge in [-0.1, -0.05) is 35.8 Å². The average molecular weight is 661 g/mol. The van der Waals surface area contributed by atoms with E-state index in [1.54, 1.807) is 0 Å². The number of rotatable bonds is 14. The number of methoxy groups -OCH3 is 1. The zero-order valence-corrected chi connectivity index (χ0v) is 25.0. The lowest BCUT2D eigenvalue weighted by Gasteiger charge is -2.22. The Labute approximate surface area is 256 Å². The molecule has 4 rings (SSSR count). The molecule has 230 valence electrons. The number of nitroso groups, excluding NO2 is 1. The molecule has 2 aromatic carbocycles. The number of esters is 1. The smallest absolute Gasteiger partial charge is 0.387 e. The Hall–Kier alpha value is -3.68. The highest BCUT2D eigenvalue weighted by Crippen LogP contribution is 2.40. The molecule has 1 unspecified atom stereocenters. The first-order valence-electron chi connectivity index (χ1n) is 12.8. The van der Waals surface area contributed by atoms with Crippen LogP contribution in [0.25, 0.3) is 0 Å². The molecule has 0 saturated heterocycles. The van der Waals surface area contributed by atoms with Crippen LogP contribution in [0, 0.1) is 10.8 Å². The first-order valence-corrected chi connectivity index (χ1v) is 15.0. The largest absolute Gasteiger partial charge is 0.493 e. The maximum atomic E-state index is 13.4. The lowest BCUT2D eigenvalue weighted by molar-refractivity contribution is -0.470. The van der Waals surface area contributed by atoms with Crippen LogP contribution in [0.15, 0.2) is 70.2 Å². The number of hydrogen-bond donors (Lipinski definition) is 0. The fourth-order valence-electron chi connectivity index (χ4n) is 3.98. The Kier molecular flexibility index (Phi) is 10.3. The number of allylic oxidation sites excluding steroid dienone is 1. The van der Waals surface area contributed by atoms with Crippen LogP contribution in [-0.2, 0) is 14.9 Å². The number of benzene rings is 2. The van der Waals surface area contributed by atoms with E-state index >= 15 is 0 Å². The highest BCUT2D eigenvalue weighted by atomic mass is 35.5. The number of nitrogens with zero attached hydrogens (tertiary/aromatic N) is 1. The molecule has 10 nitrogen and oxygen atoms in total. The molecule has 1 saturated carbocycles. The van der Waals surface area contributed by atoms with Crippen LogP contribution in [0.3, 0.4) is 0 Å². The Morgan fingerprint density at radius 1 is 1.12 bits per heavy atom. The predicted octanol–water partition coefficient (Wildman–Crippen LogP) is 6.59. The van der Waals surface area contributed by atoms with Gasteiger partial charge in [-0.3, -0.25) is 0 Å². The summed E-state index contributed by atoms with van der Waals surface area (Å²) in [6.45, 7) is 0.161. The van der Waals surface area contributed by atoms with E-state index in [0.717, 1.165) is 25.1 Å². The third kappa shape index (κ3) is 8.68. The standard InChI is InChI=1S/C28H26Cl2F2NO9S/c1-3-43(36,37)42-26-11-18(7-8-22(26)38-2)27(34)40-24(12-19-20(29)13-33(35)14-21(19)30)17-6-9-23(41-28(31)32)25(10-17)39-15-16-4-5-16/h3,6-11,13,16,24,28H,1,4-5,12,14-15H2,2H3/q+1. The Balaban J connectivity index is 1.71. The quantitative estimate of drug-likeness (QED) is 0.126. The molecule has 0 radical (unpaired) electrons. The Bertz CT molecular complexity index is 1590. The van der Waals surface area contributed by atoms with Crippen LogP contribution in [0.1, 0.15) is 41.3 Å². The number of carbonyl (C=O) groups excluding carboxylic acids is 1. The second-order valence-corrected chi connectivity index (χ2v) is 11.8. The van der Waals surface area contributed by atoms with Gasteiger partial charge in [-0.15, -0.1) is 0 Å². The molecule has 15 heteroatoms. The second-order valence-electron chi connectivity index (χ2n) is 9.48. The molecule has 0 aromatic heterocycles. The van der Waals surface area contributed by atoms with Gasteiger partial charge in [0.15, 0.2) is 23.0 Å². The first-order chi connectivity index (χ1) is 20.4. The number of alkyl halides is 2. The molecular formula is C28H26Cl2F2NO9S+. The van der Waals surface area contributed by atoms with E-state index in [1.165, 1.54) is 37.4 Å². The van der Waals surface area contributed by atoms with Gasteiger partial charge in [-0.2, -0.15) is 17.2 Å². The van der Waals surface area contributed by atoms with Crippen LogP contribution in [-0.4, -0.2) is 46.0 Å². The molecule has 0 bridgehead atoms. The summed E-state index contributed by atoms with van der Waals surface area (Å²) in [6, 6.07) is 7.82. The molecule has 0 amide bonds. The molecule has 2 aromatic rings. The van der Waals surface area contributed by atoms with Crippen molar-refractivity contribution < 1.29 is 49.9 Å². The van der Waals surface area contributed by atoms with Gasteiger partial charge in [0.1, 0.15) is 11.1 Å². The summed E-state index contributed by atoms with van der Waals surface area (Å²) in [5.74, 6) is -1.10. The summed E-state index contributed by atoms with van der Waals surface area (Å²) < 4.78 is 77.0. The topological polar surface area (TPSA) is 117 Å². The molecule has 1 aliphatic heterocycles. The van der Waals surface area contributed by atoms with E-state index in [-0.39, 0.29) is 58.2 Å². The summed E-state index contributed by atoms with van der Waals surface area (Å²) in [7, 11) is -2.91. The van der Waals surface area contributed by atoms with Gasteiger partial charge < -0.3 is 23.1 Å². The maximum absolute atomic E-state index is 13.4. The molecule has 2 aliphatic rings. The van der Waals surface area contributed by atoms with E-state index in [2.05, 4.69) is 11.3 Å². The molecule has 0 N–H and O–H groups in total. The second kappa shape index (κ2) is 13.7. The fraction of sp³-hybridized carbons (Fsp3) is 0.321. The SMILES string of the molecule is C=CS(=O)(=O)Oc1cc(C(=O)OC(CC2=C(Cl)C[N+](=O)C=C2Cl)c2ccc(OC(F)F)c(OCC3CC3)c2)ccc1OC. The van der Waals surface area contributed by atoms with E-state index in [0.29, 0.717) is 27.2 Å². The minimum atomic E-state index is -4.19. The summed E-state index contributed by atoms with van der Waals surface area (Å²) in [5, 5.41) is 0.714. The molecule has 1 aliphatic carbocycles. The van der Waals surface area contributed by atoms with Crippen LogP contribution < -0.4 is 18.4 Å². The van der Waals surface area contributed by atoms with Crippen molar-refractivity contribution in [1.29, 1.82) is 0 Å². The fourth-order valence-corrected chi connectivity index (χ4v) is 5.08. The summed E-state index contributed by atoms with van der Waals surface area (Å²) in [4.78, 5) is 25.2. The van der Waals surface area contributed by atoms with Crippen molar-refractivity contribution in [3.63, 3.8) is 0 Å². The van der Waals surface area contributed by atoms with Crippen molar-refractivity contribution in [2.75, 3.05) is 20.3 Å². The van der Waals surface area contributed by atoms with Crippen LogP contribution >= 0.6 is 23.2 Å². The van der Waals surface area contributed by atoms with Gasteiger partial charge in [0.05, 0.1) is 29.7 Å². The van der Waals surface area contributed by atoms with Gasteiger partial charge in [-0.05, 0) is 48.6 Å².